The summed E-state index contributed by atoms with van der Waals surface area (Å²) in [5.74, 6) is 0. The van der Waals surface area contributed by atoms with E-state index >= 15 is 0 Å². The lowest BCUT2D eigenvalue weighted by molar-refractivity contribution is 0.104. The zero-order chi connectivity index (χ0) is 45.8. The topological polar surface area (TPSA) is 54.4 Å². The Labute approximate surface area is 377 Å². The van der Waals surface area contributed by atoms with Gasteiger partial charge in [-0.1, -0.05) is 129 Å². The normalized spacial score (nSPS) is 15.8. The molecule has 0 saturated heterocycles. The minimum atomic E-state index is -3.67. The molecule has 1 aromatic carbocycles. The predicted octanol–water partition coefficient (Wildman–Crippen LogP) is 17.2. The summed E-state index contributed by atoms with van der Waals surface area (Å²) in [6, 6.07) is 6.94. The van der Waals surface area contributed by atoms with Crippen LogP contribution in [-0.2, 0) is 9.84 Å². The lowest BCUT2D eigenvalue weighted by Gasteiger charge is -2.24. The molecular weight excluding hydrogens is 765 g/mol. The van der Waals surface area contributed by atoms with E-state index in [0.29, 0.717) is 0 Å². The Kier molecular flexibility index (Phi) is 27.8. The second-order valence-electron chi connectivity index (χ2n) is 18.6. The predicted molar refractivity (Wildman–Crippen MR) is 271 cm³/mol. The molecule has 0 heterocycles. The largest absolute Gasteiger partial charge is 0.386 e. The van der Waals surface area contributed by atoms with E-state index in [9.17, 15) is 13.5 Å². The lowest BCUT2D eigenvalue weighted by Crippen LogP contribution is -2.31. The van der Waals surface area contributed by atoms with Crippen molar-refractivity contribution in [2.24, 2.45) is 0 Å². The summed E-state index contributed by atoms with van der Waals surface area (Å²) in [7, 11) is -3.67. The van der Waals surface area contributed by atoms with Crippen molar-refractivity contribution in [1.82, 2.24) is 0 Å². The van der Waals surface area contributed by atoms with Gasteiger partial charge in [-0.3, -0.25) is 0 Å². The van der Waals surface area contributed by atoms with Crippen LogP contribution < -0.4 is 0 Å². The molecule has 0 radical (unpaired) electrons. The van der Waals surface area contributed by atoms with E-state index in [1.54, 1.807) is 19.1 Å². The van der Waals surface area contributed by atoms with E-state index in [0.717, 1.165) is 101 Å². The first-order valence-corrected chi connectivity index (χ1v) is 24.8. The van der Waals surface area contributed by atoms with Crippen molar-refractivity contribution >= 4 is 9.84 Å². The molecule has 0 aliphatic heterocycles. The molecule has 3 nitrogen and oxygen atoms in total. The van der Waals surface area contributed by atoms with Crippen molar-refractivity contribution in [2.75, 3.05) is 0 Å². The highest BCUT2D eigenvalue weighted by molar-refractivity contribution is 7.92. The average molecular weight is 853 g/mol. The molecule has 0 aliphatic rings. The van der Waals surface area contributed by atoms with Gasteiger partial charge in [-0.25, -0.2) is 8.42 Å². The van der Waals surface area contributed by atoms with Crippen molar-refractivity contribution in [3.63, 3.8) is 0 Å². The smallest absolute Gasteiger partial charge is 0.184 e. The summed E-state index contributed by atoms with van der Waals surface area (Å²) in [4.78, 5) is 0.279. The zero-order valence-corrected chi connectivity index (χ0v) is 41.9. The molecule has 0 aliphatic carbocycles. The van der Waals surface area contributed by atoms with Crippen LogP contribution in [0.3, 0.4) is 0 Å². The first-order valence-electron chi connectivity index (χ1n) is 23.3. The summed E-state index contributed by atoms with van der Waals surface area (Å²) in [6.07, 6.45) is 39.8. The average Bonchev–Trinajstić information content (AvgIpc) is 3.17. The number of rotatable bonds is 30. The lowest BCUT2D eigenvalue weighted by atomic mass is 9.98. The Balaban J connectivity index is 2.43. The molecule has 1 rings (SSSR count). The maximum atomic E-state index is 13.6. The van der Waals surface area contributed by atoms with E-state index in [-0.39, 0.29) is 11.3 Å². The third kappa shape index (κ3) is 27.3. The van der Waals surface area contributed by atoms with E-state index in [1.165, 1.54) is 63.5 Å². The van der Waals surface area contributed by atoms with Crippen LogP contribution in [0, 0.1) is 6.92 Å². The maximum Gasteiger partial charge on any atom is 0.184 e. The number of benzene rings is 1. The molecule has 61 heavy (non-hydrogen) atoms. The molecule has 0 saturated carbocycles. The van der Waals surface area contributed by atoms with Gasteiger partial charge in [0.2, 0.25) is 0 Å². The monoisotopic (exact) mass is 853 g/mol. The van der Waals surface area contributed by atoms with Crippen LogP contribution in [0.15, 0.2) is 147 Å². The Bertz CT molecular complexity index is 1860. The molecule has 0 bridgehead atoms. The van der Waals surface area contributed by atoms with Crippen LogP contribution in [-0.4, -0.2) is 24.4 Å². The van der Waals surface area contributed by atoms with Crippen LogP contribution in [0.25, 0.3) is 0 Å². The Morgan fingerprint density at radius 3 is 1.08 bits per heavy atom. The minimum absolute atomic E-state index is 0.0605. The summed E-state index contributed by atoms with van der Waals surface area (Å²) < 4.78 is 27.2. The van der Waals surface area contributed by atoms with Gasteiger partial charge in [-0.2, -0.15) is 0 Å². The van der Waals surface area contributed by atoms with Crippen molar-refractivity contribution in [1.29, 1.82) is 0 Å². The first kappa shape index (κ1) is 55.5. The fourth-order valence-electron chi connectivity index (χ4n) is 7.18. The van der Waals surface area contributed by atoms with Gasteiger partial charge in [0.15, 0.2) is 9.84 Å². The van der Waals surface area contributed by atoms with Gasteiger partial charge in [-0.15, -0.1) is 6.58 Å². The summed E-state index contributed by atoms with van der Waals surface area (Å²) in [5.41, 5.74) is 12.5. The third-order valence-corrected chi connectivity index (χ3v) is 13.6. The highest BCUT2D eigenvalue weighted by Gasteiger charge is 2.32. The van der Waals surface area contributed by atoms with E-state index in [4.69, 9.17) is 0 Å². The molecule has 340 valence electrons. The molecule has 1 N–H and O–H groups in total. The highest BCUT2D eigenvalue weighted by atomic mass is 32.2. The van der Waals surface area contributed by atoms with Crippen LogP contribution in [0.2, 0.25) is 0 Å². The van der Waals surface area contributed by atoms with Crippen molar-refractivity contribution < 1.29 is 13.5 Å². The van der Waals surface area contributed by atoms with Crippen LogP contribution in [0.4, 0.5) is 0 Å². The van der Waals surface area contributed by atoms with Gasteiger partial charge in [0.25, 0.3) is 0 Å². The first-order chi connectivity index (χ1) is 28.7. The number of sulfone groups is 1. The molecule has 0 amide bonds. The molecule has 0 aromatic heterocycles. The number of hydrogen-bond acceptors (Lipinski definition) is 3. The zero-order valence-electron chi connectivity index (χ0n) is 41.1. The van der Waals surface area contributed by atoms with Gasteiger partial charge in [-0.05, 0) is 198 Å². The number of allylic oxidation sites excluding steroid dienone is 17. The molecule has 2 unspecified atom stereocenters. The standard InChI is InChI=1S/C57H88O3S/c1-14-57(13,58)44-56(61(59,60)55-41-39-53(11)40-42-55)43-54(12)38-22-37-52(10)36-21-35-51(9)34-20-33-50(8)32-19-31-49(7)30-18-29-48(6)28-17-27-47(5)26-16-25-46(4)24-15-23-45(2)3/h14,23,25,27,29,31,33,35,37,39-43,56,58H,1,15-22,24,26,28,30,32,34,36,38,44H2,2-13H3/b46-25+,47-27+,48-29+,49-31+,50-33+,51-35+,52-37+,54-43-. The van der Waals surface area contributed by atoms with Gasteiger partial charge in [0.05, 0.1) is 15.7 Å². The SMILES string of the molecule is C=CC(C)(O)CC(/C=C(/C)CC/C=C(\C)CC/C=C(\C)CC/C=C(\C)CC/C=C(\C)CC/C=C(\C)CC/C=C(\C)CC/C=C(\C)CCC=C(C)C)S(=O)(=O)c1ccc(C)cc1. The maximum absolute atomic E-state index is 13.6. The summed E-state index contributed by atoms with van der Waals surface area (Å²) in [5, 5.41) is 9.87. The molecule has 4 heteroatoms. The van der Waals surface area contributed by atoms with Gasteiger partial charge < -0.3 is 5.11 Å². The molecule has 2 atom stereocenters. The fourth-order valence-corrected chi connectivity index (χ4v) is 9.01. The summed E-state index contributed by atoms with van der Waals surface area (Å²) in [6.45, 7) is 29.4. The van der Waals surface area contributed by atoms with E-state index in [2.05, 4.69) is 118 Å². The molecule has 0 spiro atoms. The van der Waals surface area contributed by atoms with Gasteiger partial charge in [0.1, 0.15) is 0 Å². The highest BCUT2D eigenvalue weighted by Crippen LogP contribution is 2.27. The van der Waals surface area contributed by atoms with Gasteiger partial charge in [0, 0.05) is 6.42 Å². The van der Waals surface area contributed by atoms with Gasteiger partial charge >= 0.3 is 0 Å². The molecular formula is C57H88O3S. The number of hydrogen-bond donors (Lipinski definition) is 1. The number of aryl methyl sites for hydroxylation is 1. The van der Waals surface area contributed by atoms with Crippen LogP contribution >= 0.6 is 0 Å². The minimum Gasteiger partial charge on any atom is -0.386 e. The second kappa shape index (κ2) is 30.6. The van der Waals surface area contributed by atoms with E-state index in [1.807, 2.05) is 32.1 Å². The Morgan fingerprint density at radius 1 is 0.525 bits per heavy atom. The molecule has 0 fully saturated rings. The van der Waals surface area contributed by atoms with Crippen LogP contribution in [0.5, 0.6) is 0 Å². The fraction of sp³-hybridized carbons (Fsp3) is 0.544. The van der Waals surface area contributed by atoms with Crippen LogP contribution in [0.1, 0.15) is 191 Å². The summed E-state index contributed by atoms with van der Waals surface area (Å²) >= 11 is 0. The second-order valence-corrected chi connectivity index (χ2v) is 20.8. The molecule has 1 aromatic rings. The van der Waals surface area contributed by atoms with Crippen molar-refractivity contribution in [3.05, 3.63) is 147 Å². The van der Waals surface area contributed by atoms with Crippen molar-refractivity contribution in [3.8, 4) is 0 Å². The quantitative estimate of drug-likeness (QED) is 0.0785. The van der Waals surface area contributed by atoms with Crippen molar-refractivity contribution in [2.45, 2.75) is 208 Å². The Morgan fingerprint density at radius 2 is 0.803 bits per heavy atom. The third-order valence-electron chi connectivity index (χ3n) is 11.6. The van der Waals surface area contributed by atoms with E-state index < -0.39 is 20.7 Å². The Hall–Kier alpha value is -3.47. The number of aliphatic hydroxyl groups is 1.